The number of benzene rings is 1. The molecule has 0 aliphatic carbocycles. The smallest absolute Gasteiger partial charge is 0.123 e. The summed E-state index contributed by atoms with van der Waals surface area (Å²) >= 11 is 0. The summed E-state index contributed by atoms with van der Waals surface area (Å²) in [6, 6.07) is 5.23. The van der Waals surface area contributed by atoms with E-state index in [1.54, 1.807) is 12.1 Å². The van der Waals surface area contributed by atoms with E-state index in [4.69, 9.17) is 0 Å². The third-order valence-electron chi connectivity index (χ3n) is 4.61. The Morgan fingerprint density at radius 2 is 2.00 bits per heavy atom. The first kappa shape index (κ1) is 16.3. The van der Waals surface area contributed by atoms with Crippen molar-refractivity contribution < 1.29 is 4.39 Å². The van der Waals surface area contributed by atoms with Crippen LogP contribution >= 0.6 is 0 Å². The molecule has 0 radical (unpaired) electrons. The van der Waals surface area contributed by atoms with Crippen LogP contribution in [0.5, 0.6) is 0 Å². The first-order valence-electron chi connectivity index (χ1n) is 8.36. The van der Waals surface area contributed by atoms with E-state index in [1.807, 2.05) is 6.07 Å². The molecule has 1 aliphatic heterocycles. The average Bonchev–Trinajstić information content (AvgIpc) is 2.48. The van der Waals surface area contributed by atoms with Crippen molar-refractivity contribution in [3.63, 3.8) is 0 Å². The molecule has 0 saturated carbocycles. The maximum atomic E-state index is 13.5. The van der Waals surface area contributed by atoms with E-state index in [0.717, 1.165) is 50.0 Å². The highest BCUT2D eigenvalue weighted by molar-refractivity contribution is 5.54. The Hall–Kier alpha value is -1.09. The first-order chi connectivity index (χ1) is 10.1. The molecule has 0 atom stereocenters. The summed E-state index contributed by atoms with van der Waals surface area (Å²) in [6.45, 7) is 10.7. The minimum atomic E-state index is -0.135. The molecule has 1 saturated heterocycles. The predicted molar refractivity (Wildman–Crippen MR) is 88.2 cm³/mol. The summed E-state index contributed by atoms with van der Waals surface area (Å²) in [4.78, 5) is 2.43. The normalized spacial score (nSPS) is 16.7. The van der Waals surface area contributed by atoms with E-state index in [-0.39, 0.29) is 5.82 Å². The van der Waals surface area contributed by atoms with Crippen LogP contribution in [0.2, 0.25) is 0 Å². The molecular formula is C18H29FN2. The third-order valence-corrected chi connectivity index (χ3v) is 4.61. The second-order valence-corrected chi connectivity index (χ2v) is 6.52. The maximum absolute atomic E-state index is 13.5. The molecule has 1 N–H and O–H groups in total. The molecule has 1 heterocycles. The van der Waals surface area contributed by atoms with Gasteiger partial charge in [-0.05, 0) is 61.4 Å². The zero-order chi connectivity index (χ0) is 15.2. The number of nitrogens with zero attached hydrogens (tertiary/aromatic N) is 1. The second-order valence-electron chi connectivity index (χ2n) is 6.52. The van der Waals surface area contributed by atoms with Crippen LogP contribution in [0.1, 0.15) is 45.6 Å². The van der Waals surface area contributed by atoms with Gasteiger partial charge in [0.1, 0.15) is 5.82 Å². The summed E-state index contributed by atoms with van der Waals surface area (Å²) in [6.07, 6.45) is 3.60. The van der Waals surface area contributed by atoms with Crippen LogP contribution in [-0.4, -0.2) is 19.6 Å². The Bertz CT molecular complexity index is 437. The summed E-state index contributed by atoms with van der Waals surface area (Å²) in [5, 5.41) is 3.39. The van der Waals surface area contributed by atoms with Crippen molar-refractivity contribution in [2.75, 3.05) is 24.5 Å². The second kappa shape index (κ2) is 7.79. The highest BCUT2D eigenvalue weighted by Crippen LogP contribution is 2.30. The van der Waals surface area contributed by atoms with Crippen LogP contribution in [-0.2, 0) is 6.54 Å². The Kier molecular flexibility index (Phi) is 6.04. The number of rotatable bonds is 6. The Balaban J connectivity index is 2.05. The van der Waals surface area contributed by atoms with Crippen molar-refractivity contribution in [2.45, 2.75) is 46.6 Å². The van der Waals surface area contributed by atoms with E-state index < -0.39 is 0 Å². The highest BCUT2D eigenvalue weighted by atomic mass is 19.1. The van der Waals surface area contributed by atoms with Crippen molar-refractivity contribution in [1.82, 2.24) is 5.32 Å². The lowest BCUT2D eigenvalue weighted by molar-refractivity contribution is 0.311. The van der Waals surface area contributed by atoms with Crippen molar-refractivity contribution in [2.24, 2.45) is 11.8 Å². The van der Waals surface area contributed by atoms with Gasteiger partial charge in [-0.25, -0.2) is 4.39 Å². The van der Waals surface area contributed by atoms with Gasteiger partial charge in [-0.15, -0.1) is 0 Å². The molecule has 1 aromatic carbocycles. The fraction of sp³-hybridized carbons (Fsp3) is 0.667. The molecule has 0 bridgehead atoms. The van der Waals surface area contributed by atoms with Gasteiger partial charge >= 0.3 is 0 Å². The van der Waals surface area contributed by atoms with Gasteiger partial charge < -0.3 is 10.2 Å². The fourth-order valence-electron chi connectivity index (χ4n) is 3.21. The summed E-state index contributed by atoms with van der Waals surface area (Å²) in [5.74, 6) is 1.47. The molecule has 2 rings (SSSR count). The molecular weight excluding hydrogens is 263 g/mol. The van der Waals surface area contributed by atoms with Gasteiger partial charge in [0.2, 0.25) is 0 Å². The van der Waals surface area contributed by atoms with Crippen LogP contribution in [0.3, 0.4) is 0 Å². The lowest BCUT2D eigenvalue weighted by Crippen LogP contribution is -2.36. The van der Waals surface area contributed by atoms with E-state index in [0.29, 0.717) is 0 Å². The monoisotopic (exact) mass is 292 g/mol. The van der Waals surface area contributed by atoms with Crippen molar-refractivity contribution >= 4 is 5.69 Å². The van der Waals surface area contributed by atoms with Crippen LogP contribution < -0.4 is 10.2 Å². The van der Waals surface area contributed by atoms with Gasteiger partial charge in [-0.1, -0.05) is 20.8 Å². The number of halogens is 1. The molecule has 2 nitrogen and oxygen atoms in total. The van der Waals surface area contributed by atoms with Crippen LogP contribution in [0.15, 0.2) is 18.2 Å². The fourth-order valence-corrected chi connectivity index (χ4v) is 3.21. The largest absolute Gasteiger partial charge is 0.371 e. The summed E-state index contributed by atoms with van der Waals surface area (Å²) in [7, 11) is 0. The minimum absolute atomic E-state index is 0.135. The van der Waals surface area contributed by atoms with Gasteiger partial charge in [0.15, 0.2) is 0 Å². The molecule has 1 aliphatic rings. The van der Waals surface area contributed by atoms with Crippen LogP contribution in [0.4, 0.5) is 10.1 Å². The molecule has 21 heavy (non-hydrogen) atoms. The van der Waals surface area contributed by atoms with E-state index in [2.05, 4.69) is 31.0 Å². The Morgan fingerprint density at radius 1 is 1.29 bits per heavy atom. The SMILES string of the molecule is CCCNCc1cc(F)ccc1N1CCC(C(C)C)CC1. The Morgan fingerprint density at radius 3 is 2.62 bits per heavy atom. The predicted octanol–water partition coefficient (Wildman–Crippen LogP) is 4.20. The van der Waals surface area contributed by atoms with Crippen LogP contribution in [0.25, 0.3) is 0 Å². The number of nitrogens with one attached hydrogen (secondary N) is 1. The van der Waals surface area contributed by atoms with Gasteiger partial charge in [-0.3, -0.25) is 0 Å². The summed E-state index contributed by atoms with van der Waals surface area (Å²) < 4.78 is 13.5. The number of hydrogen-bond donors (Lipinski definition) is 1. The summed E-state index contributed by atoms with van der Waals surface area (Å²) in [5.41, 5.74) is 2.30. The molecule has 0 unspecified atom stereocenters. The zero-order valence-corrected chi connectivity index (χ0v) is 13.7. The molecule has 118 valence electrons. The number of hydrogen-bond acceptors (Lipinski definition) is 2. The lowest BCUT2D eigenvalue weighted by atomic mass is 9.86. The first-order valence-corrected chi connectivity index (χ1v) is 8.36. The zero-order valence-electron chi connectivity index (χ0n) is 13.7. The molecule has 0 spiro atoms. The average molecular weight is 292 g/mol. The molecule has 3 heteroatoms. The van der Waals surface area contributed by atoms with Crippen molar-refractivity contribution in [3.05, 3.63) is 29.6 Å². The Labute approximate surface area is 128 Å². The number of piperidine rings is 1. The van der Waals surface area contributed by atoms with E-state index in [9.17, 15) is 4.39 Å². The highest BCUT2D eigenvalue weighted by Gasteiger charge is 2.23. The van der Waals surface area contributed by atoms with Gasteiger partial charge in [0.25, 0.3) is 0 Å². The standard InChI is InChI=1S/C18H29FN2/c1-4-9-20-13-16-12-17(19)5-6-18(16)21-10-7-15(8-11-21)14(2)3/h5-6,12,14-15,20H,4,7-11,13H2,1-3H3. The van der Waals surface area contributed by atoms with Gasteiger partial charge in [0, 0.05) is 25.3 Å². The maximum Gasteiger partial charge on any atom is 0.123 e. The quantitative estimate of drug-likeness (QED) is 0.791. The van der Waals surface area contributed by atoms with Crippen molar-refractivity contribution in [1.29, 1.82) is 0 Å². The van der Waals surface area contributed by atoms with Gasteiger partial charge in [-0.2, -0.15) is 0 Å². The van der Waals surface area contributed by atoms with Crippen LogP contribution in [0, 0.1) is 17.7 Å². The molecule has 1 fully saturated rings. The minimum Gasteiger partial charge on any atom is -0.371 e. The third kappa shape index (κ3) is 4.44. The van der Waals surface area contributed by atoms with Gasteiger partial charge in [0.05, 0.1) is 0 Å². The van der Waals surface area contributed by atoms with E-state index >= 15 is 0 Å². The number of anilines is 1. The molecule has 0 amide bonds. The topological polar surface area (TPSA) is 15.3 Å². The van der Waals surface area contributed by atoms with Crippen molar-refractivity contribution in [3.8, 4) is 0 Å². The lowest BCUT2D eigenvalue weighted by Gasteiger charge is -2.36. The van der Waals surface area contributed by atoms with E-state index in [1.165, 1.54) is 18.5 Å². The molecule has 1 aromatic rings. The molecule has 0 aromatic heterocycles.